The Morgan fingerprint density at radius 3 is 2.53 bits per heavy atom. The van der Waals surface area contributed by atoms with Crippen molar-refractivity contribution in [2.24, 2.45) is 5.73 Å². The van der Waals surface area contributed by atoms with E-state index in [1.54, 1.807) is 24.3 Å². The van der Waals surface area contributed by atoms with Gasteiger partial charge in [-0.05, 0) is 5.56 Å². The van der Waals surface area contributed by atoms with Crippen molar-refractivity contribution >= 4 is 0 Å². The lowest BCUT2D eigenvalue weighted by molar-refractivity contribution is 0.0132. The topological polar surface area (TPSA) is 59.0 Å². The fourth-order valence-electron chi connectivity index (χ4n) is 1.41. The molecule has 1 unspecified atom stereocenters. The summed E-state index contributed by atoms with van der Waals surface area (Å²) in [7, 11) is 0. The predicted molar refractivity (Wildman–Crippen MR) is 59.4 cm³/mol. The van der Waals surface area contributed by atoms with Crippen molar-refractivity contribution in [3.63, 3.8) is 0 Å². The minimum atomic E-state index is -2.50. The highest BCUT2D eigenvalue weighted by Gasteiger charge is 2.26. The molecule has 2 N–H and O–H groups in total. The number of benzene rings is 1. The Labute approximate surface area is 98.8 Å². The molecule has 1 aromatic carbocycles. The van der Waals surface area contributed by atoms with Gasteiger partial charge in [0.1, 0.15) is 12.1 Å². The van der Waals surface area contributed by atoms with Crippen LogP contribution >= 0.6 is 0 Å². The smallest absolute Gasteiger partial charge is 0.261 e. The van der Waals surface area contributed by atoms with Gasteiger partial charge in [-0.1, -0.05) is 30.3 Å². The van der Waals surface area contributed by atoms with Gasteiger partial charge in [0, 0.05) is 13.0 Å². The van der Waals surface area contributed by atoms with Crippen molar-refractivity contribution in [2.75, 3.05) is 13.2 Å². The Balaban J connectivity index is 2.56. The fraction of sp³-hybridized carbons (Fsp3) is 0.417. The van der Waals surface area contributed by atoms with Gasteiger partial charge < -0.3 is 10.5 Å². The van der Waals surface area contributed by atoms with Crippen LogP contribution in [-0.4, -0.2) is 19.6 Å². The van der Waals surface area contributed by atoms with Crippen LogP contribution in [0, 0.1) is 11.3 Å². The molecule has 5 heteroatoms. The number of nitrogens with two attached hydrogens (primary N) is 1. The molecule has 0 heterocycles. The molecule has 0 aliphatic rings. The third-order valence-electron chi connectivity index (χ3n) is 2.37. The first-order valence-electron chi connectivity index (χ1n) is 5.20. The van der Waals surface area contributed by atoms with E-state index in [2.05, 4.69) is 0 Å². The molecule has 0 amide bonds. The van der Waals surface area contributed by atoms with Gasteiger partial charge in [-0.2, -0.15) is 5.26 Å². The zero-order valence-corrected chi connectivity index (χ0v) is 9.27. The fourth-order valence-corrected chi connectivity index (χ4v) is 1.41. The van der Waals surface area contributed by atoms with Crippen LogP contribution in [0.4, 0.5) is 8.78 Å². The Morgan fingerprint density at radius 1 is 1.35 bits per heavy atom. The second kappa shape index (κ2) is 6.28. The Morgan fingerprint density at radius 2 is 2.00 bits per heavy atom. The van der Waals surface area contributed by atoms with Crippen molar-refractivity contribution in [2.45, 2.75) is 18.4 Å². The molecule has 17 heavy (non-hydrogen) atoms. The second-order valence-electron chi connectivity index (χ2n) is 3.67. The monoisotopic (exact) mass is 240 g/mol. The summed E-state index contributed by atoms with van der Waals surface area (Å²) in [4.78, 5) is 0. The minimum Gasteiger partial charge on any atom is -0.375 e. The molecule has 0 saturated carbocycles. The Bertz CT molecular complexity index is 378. The summed E-state index contributed by atoms with van der Waals surface area (Å²) in [5, 5.41) is 9.07. The van der Waals surface area contributed by atoms with Crippen LogP contribution in [-0.2, 0) is 10.3 Å². The SMILES string of the molecule is N#CC(N)(CCOCC(F)F)c1ccccc1. The summed E-state index contributed by atoms with van der Waals surface area (Å²) in [6.07, 6.45) is -2.32. The van der Waals surface area contributed by atoms with Crippen LogP contribution in [0.1, 0.15) is 12.0 Å². The predicted octanol–water partition coefficient (Wildman–Crippen LogP) is 2.04. The summed E-state index contributed by atoms with van der Waals surface area (Å²) < 4.78 is 28.4. The summed E-state index contributed by atoms with van der Waals surface area (Å²) in [6.45, 7) is -0.598. The van der Waals surface area contributed by atoms with Gasteiger partial charge in [0.25, 0.3) is 6.43 Å². The van der Waals surface area contributed by atoms with E-state index in [4.69, 9.17) is 15.7 Å². The number of hydrogen-bond acceptors (Lipinski definition) is 3. The number of hydrogen-bond donors (Lipinski definition) is 1. The van der Waals surface area contributed by atoms with E-state index in [-0.39, 0.29) is 13.0 Å². The van der Waals surface area contributed by atoms with E-state index < -0.39 is 18.6 Å². The van der Waals surface area contributed by atoms with Crippen LogP contribution in [0.25, 0.3) is 0 Å². The molecule has 0 aromatic heterocycles. The number of halogens is 2. The van der Waals surface area contributed by atoms with E-state index in [1.165, 1.54) is 0 Å². The third-order valence-corrected chi connectivity index (χ3v) is 2.37. The maximum absolute atomic E-state index is 11.8. The number of nitrogens with zero attached hydrogens (tertiary/aromatic N) is 1. The zero-order chi connectivity index (χ0) is 12.7. The standard InChI is InChI=1S/C12H14F2N2O/c13-11(14)8-17-7-6-12(16,9-15)10-4-2-1-3-5-10/h1-5,11H,6-8,16H2. The summed E-state index contributed by atoms with van der Waals surface area (Å²) in [5.41, 5.74) is 5.37. The second-order valence-corrected chi connectivity index (χ2v) is 3.67. The average molecular weight is 240 g/mol. The number of ether oxygens (including phenoxy) is 1. The third kappa shape index (κ3) is 4.10. The zero-order valence-electron chi connectivity index (χ0n) is 9.27. The first-order valence-corrected chi connectivity index (χ1v) is 5.20. The lowest BCUT2D eigenvalue weighted by atomic mass is 9.89. The van der Waals surface area contributed by atoms with Gasteiger partial charge in [0.15, 0.2) is 0 Å². The molecular weight excluding hydrogens is 226 g/mol. The molecule has 92 valence electrons. The molecule has 0 bridgehead atoms. The average Bonchev–Trinajstić information content (AvgIpc) is 2.35. The van der Waals surface area contributed by atoms with Crippen molar-refractivity contribution in [1.29, 1.82) is 5.26 Å². The molecule has 0 radical (unpaired) electrons. The van der Waals surface area contributed by atoms with E-state index in [9.17, 15) is 8.78 Å². The lowest BCUT2D eigenvalue weighted by Gasteiger charge is -2.21. The molecule has 3 nitrogen and oxygen atoms in total. The van der Waals surface area contributed by atoms with E-state index in [0.29, 0.717) is 5.56 Å². The summed E-state index contributed by atoms with van der Waals surface area (Å²) in [6, 6.07) is 10.8. The van der Waals surface area contributed by atoms with Crippen molar-refractivity contribution in [3.05, 3.63) is 35.9 Å². The highest BCUT2D eigenvalue weighted by atomic mass is 19.3. The first-order chi connectivity index (χ1) is 8.08. The van der Waals surface area contributed by atoms with Crippen LogP contribution in [0.5, 0.6) is 0 Å². The van der Waals surface area contributed by atoms with Crippen LogP contribution in [0.3, 0.4) is 0 Å². The normalized spacial score (nSPS) is 14.3. The maximum Gasteiger partial charge on any atom is 0.261 e. The number of nitriles is 1. The van der Waals surface area contributed by atoms with Crippen molar-refractivity contribution in [3.8, 4) is 6.07 Å². The summed E-state index contributed by atoms with van der Waals surface area (Å²) >= 11 is 0. The van der Waals surface area contributed by atoms with Crippen LogP contribution < -0.4 is 5.73 Å². The molecule has 0 fully saturated rings. The quantitative estimate of drug-likeness (QED) is 0.774. The molecule has 1 atom stereocenters. The van der Waals surface area contributed by atoms with Gasteiger partial charge in [0.2, 0.25) is 0 Å². The highest BCUT2D eigenvalue weighted by molar-refractivity contribution is 5.30. The van der Waals surface area contributed by atoms with Crippen molar-refractivity contribution in [1.82, 2.24) is 0 Å². The number of rotatable bonds is 6. The largest absolute Gasteiger partial charge is 0.375 e. The first kappa shape index (κ1) is 13.6. The molecule has 0 spiro atoms. The molecule has 1 rings (SSSR count). The minimum absolute atomic E-state index is 0.0310. The molecule has 0 saturated heterocycles. The van der Waals surface area contributed by atoms with Gasteiger partial charge in [-0.25, -0.2) is 8.78 Å². The highest BCUT2D eigenvalue weighted by Crippen LogP contribution is 2.21. The summed E-state index contributed by atoms with van der Waals surface area (Å²) in [5.74, 6) is 0. The lowest BCUT2D eigenvalue weighted by Crippen LogP contribution is -2.36. The van der Waals surface area contributed by atoms with Crippen LogP contribution in [0.2, 0.25) is 0 Å². The Hall–Kier alpha value is -1.51. The van der Waals surface area contributed by atoms with Gasteiger partial charge in [-0.15, -0.1) is 0 Å². The van der Waals surface area contributed by atoms with Crippen LogP contribution in [0.15, 0.2) is 30.3 Å². The van der Waals surface area contributed by atoms with Gasteiger partial charge >= 0.3 is 0 Å². The van der Waals surface area contributed by atoms with Crippen molar-refractivity contribution < 1.29 is 13.5 Å². The van der Waals surface area contributed by atoms with E-state index in [0.717, 1.165) is 0 Å². The molecule has 0 aliphatic heterocycles. The molecule has 1 aromatic rings. The molecular formula is C12H14F2N2O. The maximum atomic E-state index is 11.8. The molecule has 0 aliphatic carbocycles. The Kier molecular flexibility index (Phi) is 5.01. The van der Waals surface area contributed by atoms with E-state index >= 15 is 0 Å². The van der Waals surface area contributed by atoms with Gasteiger partial charge in [0.05, 0.1) is 6.07 Å². The number of alkyl halides is 2. The van der Waals surface area contributed by atoms with Gasteiger partial charge in [-0.3, -0.25) is 0 Å². The van der Waals surface area contributed by atoms with E-state index in [1.807, 2.05) is 12.1 Å².